The second-order valence-electron chi connectivity index (χ2n) is 24.2. The Hall–Kier alpha value is -9.18. The van der Waals surface area contributed by atoms with E-state index in [2.05, 4.69) is 305 Å². The van der Waals surface area contributed by atoms with Gasteiger partial charge in [-0.05, 0) is 169 Å². The Morgan fingerprint density at radius 2 is 0.759 bits per heavy atom. The standard InChI is InChI=1S/C76H61N3/c1-74(2,3)68-43-51(50-33-39-63-61-26-16-19-29-70(61)79(72(63)45-50)53-22-12-9-13-23-53)42-64-59-41-37-56(47-67(59)76(6,7)73(64)68)77(55-36-40-58-57-24-14-17-27-65(57)75(4,5)66(58)46-55)54-34-30-48(31-35-54)49-32-38-62-60-25-15-18-28-69(60)78(71(62)44-49)52-20-10-8-11-21-52/h8-47H,1-7H3. The van der Waals surface area contributed by atoms with Crippen LogP contribution in [0.5, 0.6) is 0 Å². The van der Waals surface area contributed by atoms with Crippen molar-refractivity contribution in [3.63, 3.8) is 0 Å². The van der Waals surface area contributed by atoms with Crippen LogP contribution in [0.2, 0.25) is 0 Å². The van der Waals surface area contributed by atoms with Gasteiger partial charge in [-0.25, -0.2) is 0 Å². The van der Waals surface area contributed by atoms with E-state index < -0.39 is 0 Å². The number of para-hydroxylation sites is 4. The Labute approximate surface area is 463 Å². The highest BCUT2D eigenvalue weighted by molar-refractivity contribution is 6.11. The molecule has 0 spiro atoms. The number of benzene rings is 11. The van der Waals surface area contributed by atoms with Crippen molar-refractivity contribution in [2.45, 2.75) is 64.7 Å². The van der Waals surface area contributed by atoms with Crippen molar-refractivity contribution in [1.29, 1.82) is 0 Å². The smallest absolute Gasteiger partial charge is 0.0547 e. The summed E-state index contributed by atoms with van der Waals surface area (Å²) in [6.07, 6.45) is 0. The van der Waals surface area contributed by atoms with Gasteiger partial charge in [0.25, 0.3) is 0 Å². The van der Waals surface area contributed by atoms with E-state index in [9.17, 15) is 0 Å². The van der Waals surface area contributed by atoms with Crippen molar-refractivity contribution in [3.8, 4) is 55.9 Å². The molecule has 0 unspecified atom stereocenters. The van der Waals surface area contributed by atoms with Crippen molar-refractivity contribution in [1.82, 2.24) is 9.13 Å². The average Bonchev–Trinajstić information content (AvgIpc) is 4.01. The van der Waals surface area contributed by atoms with Gasteiger partial charge in [-0.3, -0.25) is 0 Å². The van der Waals surface area contributed by atoms with E-state index >= 15 is 0 Å². The second-order valence-corrected chi connectivity index (χ2v) is 24.2. The van der Waals surface area contributed by atoms with Gasteiger partial charge in [0.2, 0.25) is 0 Å². The van der Waals surface area contributed by atoms with Gasteiger partial charge in [0.15, 0.2) is 0 Å². The van der Waals surface area contributed by atoms with Gasteiger partial charge in [-0.1, -0.05) is 200 Å². The number of hydrogen-bond acceptors (Lipinski definition) is 1. The lowest BCUT2D eigenvalue weighted by molar-refractivity contribution is 0.557. The molecule has 0 bridgehead atoms. The quantitative estimate of drug-likeness (QED) is 0.155. The maximum atomic E-state index is 2.50. The van der Waals surface area contributed by atoms with E-state index in [4.69, 9.17) is 0 Å². The molecule has 2 aliphatic rings. The highest BCUT2D eigenvalue weighted by Crippen LogP contribution is 2.56. The number of rotatable bonds is 7. The molecule has 0 aliphatic heterocycles. The molecule has 0 N–H and O–H groups in total. The molecule has 0 saturated heterocycles. The monoisotopic (exact) mass is 1020 g/mol. The van der Waals surface area contributed by atoms with Crippen molar-refractivity contribution in [2.24, 2.45) is 0 Å². The summed E-state index contributed by atoms with van der Waals surface area (Å²) in [6.45, 7) is 16.8. The first-order chi connectivity index (χ1) is 38.3. The van der Waals surface area contributed by atoms with Gasteiger partial charge in [0, 0.05) is 60.8 Å². The summed E-state index contributed by atoms with van der Waals surface area (Å²) in [5, 5.41) is 5.05. The van der Waals surface area contributed by atoms with Crippen LogP contribution in [0.3, 0.4) is 0 Å². The Bertz CT molecular complexity index is 4620. The molecule has 11 aromatic carbocycles. The van der Waals surface area contributed by atoms with Crippen molar-refractivity contribution in [3.05, 3.63) is 270 Å². The molecule has 15 rings (SSSR count). The van der Waals surface area contributed by atoms with Crippen molar-refractivity contribution >= 4 is 60.7 Å². The molecule has 0 radical (unpaired) electrons. The molecular weight excluding hydrogens is 955 g/mol. The molecular formula is C76H61N3. The van der Waals surface area contributed by atoms with Gasteiger partial charge in [0.05, 0.1) is 22.1 Å². The van der Waals surface area contributed by atoms with E-state index in [-0.39, 0.29) is 16.2 Å². The second kappa shape index (κ2) is 17.2. The van der Waals surface area contributed by atoms with Gasteiger partial charge >= 0.3 is 0 Å². The van der Waals surface area contributed by atoms with Crippen LogP contribution >= 0.6 is 0 Å². The molecule has 0 atom stereocenters. The summed E-state index contributed by atoms with van der Waals surface area (Å²) < 4.78 is 4.83. The molecule has 0 saturated carbocycles. The fraction of sp³-hybridized carbons (Fsp3) is 0.132. The first-order valence-corrected chi connectivity index (χ1v) is 28.0. The van der Waals surface area contributed by atoms with Gasteiger partial charge in [0.1, 0.15) is 0 Å². The lowest BCUT2D eigenvalue weighted by Crippen LogP contribution is -2.23. The highest BCUT2D eigenvalue weighted by Gasteiger charge is 2.41. The van der Waals surface area contributed by atoms with Crippen LogP contribution in [-0.2, 0) is 16.2 Å². The zero-order chi connectivity index (χ0) is 53.5. The molecule has 3 nitrogen and oxygen atoms in total. The summed E-state index contributed by atoms with van der Waals surface area (Å²) in [4.78, 5) is 2.50. The summed E-state index contributed by atoms with van der Waals surface area (Å²) in [7, 11) is 0. The average molecular weight is 1020 g/mol. The van der Waals surface area contributed by atoms with E-state index in [1.165, 1.54) is 122 Å². The van der Waals surface area contributed by atoms with Crippen molar-refractivity contribution < 1.29 is 0 Å². The van der Waals surface area contributed by atoms with Crippen LogP contribution in [0, 0.1) is 0 Å². The summed E-state index contributed by atoms with van der Waals surface area (Å²) in [5.41, 5.74) is 27.1. The molecule has 79 heavy (non-hydrogen) atoms. The fourth-order valence-corrected chi connectivity index (χ4v) is 13.9. The van der Waals surface area contributed by atoms with Gasteiger partial charge < -0.3 is 14.0 Å². The largest absolute Gasteiger partial charge is 0.310 e. The summed E-state index contributed by atoms with van der Waals surface area (Å²) in [5.74, 6) is 0. The predicted octanol–water partition coefficient (Wildman–Crippen LogP) is 20.6. The molecule has 0 fully saturated rings. The van der Waals surface area contributed by atoms with E-state index in [0.29, 0.717) is 0 Å². The predicted molar refractivity (Wildman–Crippen MR) is 335 cm³/mol. The van der Waals surface area contributed by atoms with E-state index in [1.807, 2.05) is 0 Å². The maximum absolute atomic E-state index is 2.50. The number of fused-ring (bicyclic) bond motifs is 12. The topological polar surface area (TPSA) is 13.1 Å². The van der Waals surface area contributed by atoms with Crippen LogP contribution in [0.1, 0.15) is 76.3 Å². The van der Waals surface area contributed by atoms with E-state index in [0.717, 1.165) is 22.7 Å². The minimum atomic E-state index is -0.274. The molecule has 3 heteroatoms. The number of aromatic nitrogens is 2. The van der Waals surface area contributed by atoms with Crippen molar-refractivity contribution in [2.75, 3.05) is 4.90 Å². The minimum Gasteiger partial charge on any atom is -0.310 e. The van der Waals surface area contributed by atoms with Crippen LogP contribution < -0.4 is 4.90 Å². The zero-order valence-corrected chi connectivity index (χ0v) is 45.9. The van der Waals surface area contributed by atoms with Crippen LogP contribution in [0.4, 0.5) is 17.1 Å². The van der Waals surface area contributed by atoms with Gasteiger partial charge in [-0.2, -0.15) is 0 Å². The third-order valence-corrected chi connectivity index (χ3v) is 17.8. The first kappa shape index (κ1) is 47.1. The Morgan fingerprint density at radius 1 is 0.316 bits per heavy atom. The van der Waals surface area contributed by atoms with Gasteiger partial charge in [-0.15, -0.1) is 0 Å². The molecule has 13 aromatic rings. The normalized spacial score (nSPS) is 14.0. The van der Waals surface area contributed by atoms with Crippen LogP contribution in [-0.4, -0.2) is 9.13 Å². The summed E-state index contributed by atoms with van der Waals surface area (Å²) >= 11 is 0. The Morgan fingerprint density at radius 3 is 1.33 bits per heavy atom. The number of nitrogens with zero attached hydrogens (tertiary/aromatic N) is 3. The number of anilines is 3. The SMILES string of the molecule is CC(C)(C)c1cc(-c2ccc3c4ccccc4n(-c4ccccc4)c3c2)cc2c1C(C)(C)c1cc(N(c3ccc(-c4ccc5c6ccccc6n(-c6ccccc6)c5c4)cc3)c3ccc4c(c3)C(C)(C)c3ccccc3-4)ccc1-2. The highest BCUT2D eigenvalue weighted by atomic mass is 15.1. The Kier molecular flexibility index (Phi) is 10.2. The molecule has 2 aromatic heterocycles. The minimum absolute atomic E-state index is 0.115. The molecule has 380 valence electrons. The zero-order valence-electron chi connectivity index (χ0n) is 45.9. The first-order valence-electron chi connectivity index (χ1n) is 28.0. The van der Waals surface area contributed by atoms with Crippen LogP contribution in [0.15, 0.2) is 243 Å². The van der Waals surface area contributed by atoms with E-state index in [1.54, 1.807) is 0 Å². The molecule has 2 aliphatic carbocycles. The molecule has 0 amide bonds. The third kappa shape index (κ3) is 7.11. The third-order valence-electron chi connectivity index (χ3n) is 17.8. The fourth-order valence-electron chi connectivity index (χ4n) is 13.9. The maximum Gasteiger partial charge on any atom is 0.0547 e. The van der Waals surface area contributed by atoms with Crippen LogP contribution in [0.25, 0.3) is 99.5 Å². The lowest BCUT2D eigenvalue weighted by atomic mass is 9.73. The lowest BCUT2D eigenvalue weighted by Gasteiger charge is -2.32. The summed E-state index contributed by atoms with van der Waals surface area (Å²) in [6, 6.07) is 90.8. The number of hydrogen-bond donors (Lipinski definition) is 0. The molecule has 2 heterocycles. The Balaban J connectivity index is 0.875.